The average molecular weight is 262 g/mol. The van der Waals surface area contributed by atoms with Gasteiger partial charge in [-0.3, -0.25) is 0 Å². The Morgan fingerprint density at radius 3 is 2.65 bits per heavy atom. The van der Waals surface area contributed by atoms with Crippen molar-refractivity contribution >= 4 is 17.3 Å². The first-order valence-corrected chi connectivity index (χ1v) is 4.96. The molecule has 17 heavy (non-hydrogen) atoms. The van der Waals surface area contributed by atoms with Crippen molar-refractivity contribution < 1.29 is 13.2 Å². The number of nitrogen functional groups attached to an aromatic ring is 1. The van der Waals surface area contributed by atoms with Crippen LogP contribution in [0.4, 0.5) is 18.9 Å². The summed E-state index contributed by atoms with van der Waals surface area (Å²) in [5.41, 5.74) is 4.33. The van der Waals surface area contributed by atoms with E-state index in [1.807, 2.05) is 0 Å². The molecular weight excluding hydrogens is 255 g/mol. The molecule has 7 heteroatoms. The molecule has 0 unspecified atom stereocenters. The summed E-state index contributed by atoms with van der Waals surface area (Å²) in [5.74, 6) is -0.748. The molecule has 0 aliphatic rings. The molecule has 2 aromatic rings. The number of nitrogens with zero attached hydrogens (tertiary/aromatic N) is 2. The fourth-order valence-corrected chi connectivity index (χ4v) is 1.70. The molecule has 0 radical (unpaired) electrons. The van der Waals surface area contributed by atoms with Gasteiger partial charge in [-0.2, -0.15) is 5.10 Å². The molecule has 90 valence electrons. The maximum atomic E-state index is 13.6. The minimum Gasteiger partial charge on any atom is -0.396 e. The zero-order chi connectivity index (χ0) is 12.6. The molecule has 0 fully saturated rings. The summed E-state index contributed by atoms with van der Waals surface area (Å²) in [4.78, 5) is 0. The van der Waals surface area contributed by atoms with Crippen molar-refractivity contribution in [3.63, 3.8) is 0 Å². The summed E-state index contributed by atoms with van der Waals surface area (Å²) in [6, 6.07) is 3.86. The van der Waals surface area contributed by atoms with Gasteiger partial charge in [0.25, 0.3) is 6.43 Å². The van der Waals surface area contributed by atoms with Gasteiger partial charge in [0.15, 0.2) is 0 Å². The minimum absolute atomic E-state index is 0.0185. The molecule has 1 heterocycles. The van der Waals surface area contributed by atoms with Crippen molar-refractivity contribution in [3.8, 4) is 5.69 Å². The molecule has 3 nitrogen and oxygen atoms in total. The Morgan fingerprint density at radius 1 is 1.35 bits per heavy atom. The Bertz CT molecular complexity index is 533. The van der Waals surface area contributed by atoms with E-state index in [9.17, 15) is 13.2 Å². The maximum Gasteiger partial charge on any atom is 0.282 e. The molecule has 1 aromatic heterocycles. The van der Waals surface area contributed by atoms with Crippen LogP contribution in [0.5, 0.6) is 0 Å². The zero-order valence-corrected chi connectivity index (χ0v) is 9.13. The van der Waals surface area contributed by atoms with Gasteiger partial charge in [-0.05, 0) is 12.1 Å². The Hall–Kier alpha value is -1.69. The van der Waals surface area contributed by atoms with Gasteiger partial charge in [0, 0.05) is 0 Å². The molecule has 0 bridgehead atoms. The van der Waals surface area contributed by atoms with Crippen LogP contribution >= 0.6 is 11.6 Å². The second-order valence-electron chi connectivity index (χ2n) is 3.27. The van der Waals surface area contributed by atoms with Crippen molar-refractivity contribution in [1.82, 2.24) is 9.78 Å². The van der Waals surface area contributed by atoms with Crippen LogP contribution in [0.1, 0.15) is 12.1 Å². The van der Waals surface area contributed by atoms with Crippen LogP contribution in [-0.2, 0) is 0 Å². The van der Waals surface area contributed by atoms with Gasteiger partial charge >= 0.3 is 0 Å². The predicted octanol–water partition coefficient (Wildman–Crippen LogP) is 3.18. The van der Waals surface area contributed by atoms with Crippen LogP contribution in [0, 0.1) is 5.82 Å². The van der Waals surface area contributed by atoms with Gasteiger partial charge in [0.2, 0.25) is 0 Å². The molecule has 0 spiro atoms. The number of aromatic nitrogens is 2. The van der Waals surface area contributed by atoms with Crippen LogP contribution < -0.4 is 5.73 Å². The van der Waals surface area contributed by atoms with E-state index in [1.54, 1.807) is 0 Å². The third kappa shape index (κ3) is 1.95. The number of anilines is 1. The monoisotopic (exact) mass is 261 g/mol. The Labute approximate surface area is 99.6 Å². The van der Waals surface area contributed by atoms with Gasteiger partial charge in [-0.1, -0.05) is 17.7 Å². The number of para-hydroxylation sites is 1. The van der Waals surface area contributed by atoms with Crippen LogP contribution in [0.2, 0.25) is 5.02 Å². The predicted molar refractivity (Wildman–Crippen MR) is 57.9 cm³/mol. The number of nitrogens with two attached hydrogens (primary N) is 1. The first kappa shape index (κ1) is 11.8. The van der Waals surface area contributed by atoms with E-state index >= 15 is 0 Å². The lowest BCUT2D eigenvalue weighted by Crippen LogP contribution is -2.07. The third-order valence-electron chi connectivity index (χ3n) is 2.19. The largest absolute Gasteiger partial charge is 0.396 e. The van der Waals surface area contributed by atoms with Gasteiger partial charge in [-0.15, -0.1) is 0 Å². The summed E-state index contributed by atoms with van der Waals surface area (Å²) in [6.45, 7) is 0. The number of halogens is 4. The fourth-order valence-electron chi connectivity index (χ4n) is 1.46. The molecule has 0 atom stereocenters. The van der Waals surface area contributed by atoms with Crippen molar-refractivity contribution in [2.45, 2.75) is 6.43 Å². The van der Waals surface area contributed by atoms with Crippen molar-refractivity contribution in [2.24, 2.45) is 0 Å². The first-order chi connectivity index (χ1) is 8.02. The van der Waals surface area contributed by atoms with Gasteiger partial charge < -0.3 is 5.73 Å². The van der Waals surface area contributed by atoms with Crippen LogP contribution in [-0.4, -0.2) is 9.78 Å². The van der Waals surface area contributed by atoms with E-state index in [0.717, 1.165) is 16.9 Å². The number of alkyl halides is 2. The van der Waals surface area contributed by atoms with Crippen LogP contribution in [0.25, 0.3) is 5.69 Å². The quantitative estimate of drug-likeness (QED) is 0.902. The highest BCUT2D eigenvalue weighted by Crippen LogP contribution is 2.31. The Kier molecular flexibility index (Phi) is 2.97. The lowest BCUT2D eigenvalue weighted by atomic mass is 10.3. The molecule has 0 aliphatic carbocycles. The highest BCUT2D eigenvalue weighted by molar-refractivity contribution is 6.32. The summed E-state index contributed by atoms with van der Waals surface area (Å²) in [5, 5.41) is 3.60. The third-order valence-corrected chi connectivity index (χ3v) is 2.50. The van der Waals surface area contributed by atoms with Gasteiger partial charge in [0.05, 0.1) is 16.9 Å². The number of rotatable bonds is 2. The normalized spacial score (nSPS) is 11.1. The molecule has 0 aliphatic heterocycles. The number of benzene rings is 1. The van der Waals surface area contributed by atoms with E-state index in [4.69, 9.17) is 17.3 Å². The smallest absolute Gasteiger partial charge is 0.282 e. The van der Waals surface area contributed by atoms with E-state index < -0.39 is 17.9 Å². The van der Waals surface area contributed by atoms with E-state index in [2.05, 4.69) is 5.10 Å². The van der Waals surface area contributed by atoms with Crippen molar-refractivity contribution in [3.05, 3.63) is 40.9 Å². The second-order valence-corrected chi connectivity index (χ2v) is 3.68. The standard InChI is InChI=1S/C10H7ClF3N3/c11-5-2-1-3-6(12)8(5)17-9(10(13)14)7(15)4-16-17/h1-4,10H,15H2. The molecule has 0 saturated heterocycles. The van der Waals surface area contributed by atoms with E-state index in [0.29, 0.717) is 0 Å². The molecule has 0 amide bonds. The van der Waals surface area contributed by atoms with Gasteiger partial charge in [-0.25, -0.2) is 17.9 Å². The van der Waals surface area contributed by atoms with E-state index in [1.165, 1.54) is 12.1 Å². The van der Waals surface area contributed by atoms with E-state index in [-0.39, 0.29) is 16.4 Å². The number of hydrogen-bond donors (Lipinski definition) is 1. The second kappa shape index (κ2) is 4.29. The summed E-state index contributed by atoms with van der Waals surface area (Å²) < 4.78 is 39.8. The van der Waals surface area contributed by atoms with Crippen molar-refractivity contribution in [2.75, 3.05) is 5.73 Å². The highest BCUT2D eigenvalue weighted by Gasteiger charge is 2.22. The molecule has 1 aromatic carbocycles. The molecular formula is C10H7ClF3N3. The first-order valence-electron chi connectivity index (χ1n) is 4.58. The molecule has 0 saturated carbocycles. The summed E-state index contributed by atoms with van der Waals surface area (Å²) in [7, 11) is 0. The van der Waals surface area contributed by atoms with Crippen LogP contribution in [0.15, 0.2) is 24.4 Å². The average Bonchev–Trinajstić information content (AvgIpc) is 2.60. The zero-order valence-electron chi connectivity index (χ0n) is 8.37. The fraction of sp³-hybridized carbons (Fsp3) is 0.100. The minimum atomic E-state index is -2.87. The topological polar surface area (TPSA) is 43.8 Å². The van der Waals surface area contributed by atoms with Crippen molar-refractivity contribution in [1.29, 1.82) is 0 Å². The van der Waals surface area contributed by atoms with Gasteiger partial charge in [0.1, 0.15) is 17.2 Å². The molecule has 2 N–H and O–H groups in total. The SMILES string of the molecule is Nc1cnn(-c2c(F)cccc2Cl)c1C(F)F. The molecule has 2 rings (SSSR count). The Morgan fingerprint density at radius 2 is 2.06 bits per heavy atom. The highest BCUT2D eigenvalue weighted by atomic mass is 35.5. The van der Waals surface area contributed by atoms with Crippen LogP contribution in [0.3, 0.4) is 0 Å². The summed E-state index contributed by atoms with van der Waals surface area (Å²) in [6.07, 6.45) is -1.84. The number of hydrogen-bond acceptors (Lipinski definition) is 2. The summed E-state index contributed by atoms with van der Waals surface area (Å²) >= 11 is 5.76. The Balaban J connectivity index is 2.69. The maximum absolute atomic E-state index is 13.6. The lowest BCUT2D eigenvalue weighted by molar-refractivity contribution is 0.143. The lowest BCUT2D eigenvalue weighted by Gasteiger charge is -2.09.